The first-order valence-corrected chi connectivity index (χ1v) is 7.81. The maximum atomic E-state index is 11.8. The molecule has 4 heteroatoms. The Labute approximate surface area is 142 Å². The molecule has 1 N–H and O–H groups in total. The van der Waals surface area contributed by atoms with Gasteiger partial charge in [0, 0.05) is 0 Å². The third kappa shape index (κ3) is 5.72. The minimum Gasteiger partial charge on any atom is -0.484 e. The molecule has 0 saturated carbocycles. The largest absolute Gasteiger partial charge is 0.484 e. The topological polar surface area (TPSA) is 50.7 Å². The van der Waals surface area contributed by atoms with E-state index in [9.17, 15) is 4.79 Å². The number of ether oxygens (including phenoxy) is 1. The molecule has 0 bridgehead atoms. The average Bonchev–Trinajstić information content (AvgIpc) is 2.60. The number of carbonyl (C=O) groups excluding carboxylic acids is 1. The molecular weight excluding hydrogens is 300 g/mol. The Morgan fingerprint density at radius 2 is 1.88 bits per heavy atom. The van der Waals surface area contributed by atoms with Gasteiger partial charge in [-0.3, -0.25) is 4.79 Å². The molecule has 0 aliphatic carbocycles. The second kappa shape index (κ2) is 8.67. The second-order valence-corrected chi connectivity index (χ2v) is 5.57. The lowest BCUT2D eigenvalue weighted by atomic mass is 10.1. The van der Waals surface area contributed by atoms with Crippen LogP contribution in [0.3, 0.4) is 0 Å². The molecule has 0 aliphatic rings. The molecule has 0 spiro atoms. The van der Waals surface area contributed by atoms with Gasteiger partial charge in [-0.2, -0.15) is 5.10 Å². The molecular formula is C20H22N2O2. The van der Waals surface area contributed by atoms with Crippen LogP contribution in [-0.4, -0.2) is 18.2 Å². The molecule has 0 fully saturated rings. The van der Waals surface area contributed by atoms with E-state index in [-0.39, 0.29) is 12.5 Å². The third-order valence-electron chi connectivity index (χ3n) is 3.52. The molecule has 0 aliphatic heterocycles. The first-order chi connectivity index (χ1) is 11.5. The molecule has 1 amide bonds. The predicted molar refractivity (Wildman–Crippen MR) is 98.1 cm³/mol. The number of benzene rings is 2. The standard InChI is InChI=1S/C20H22N2O2/c1-15-9-12-19(13-16(15)2)24-14-20(23)22-21-17(3)10-11-18-7-5-4-6-8-18/h4-13H,14H2,1-3H3,(H,22,23)/b11-10+,21-17-. The molecule has 2 aromatic rings. The summed E-state index contributed by atoms with van der Waals surface area (Å²) < 4.78 is 5.47. The van der Waals surface area contributed by atoms with Crippen LogP contribution in [-0.2, 0) is 4.79 Å². The highest BCUT2D eigenvalue weighted by atomic mass is 16.5. The first-order valence-electron chi connectivity index (χ1n) is 7.81. The van der Waals surface area contributed by atoms with Crippen molar-refractivity contribution < 1.29 is 9.53 Å². The predicted octanol–water partition coefficient (Wildman–Crippen LogP) is 3.89. The van der Waals surface area contributed by atoms with Crippen LogP contribution < -0.4 is 10.2 Å². The zero-order valence-electron chi connectivity index (χ0n) is 14.2. The van der Waals surface area contributed by atoms with Crippen LogP contribution >= 0.6 is 0 Å². The fraction of sp³-hybridized carbons (Fsp3) is 0.200. The number of aryl methyl sites for hydroxylation is 2. The third-order valence-corrected chi connectivity index (χ3v) is 3.52. The summed E-state index contributed by atoms with van der Waals surface area (Å²) in [4.78, 5) is 11.8. The number of hydrogen-bond donors (Lipinski definition) is 1. The SMILES string of the molecule is CC(/C=C/c1ccccc1)=N/NC(=O)COc1ccc(C)c(C)c1. The Bertz CT molecular complexity index is 749. The maximum absolute atomic E-state index is 11.8. The van der Waals surface area contributed by atoms with Gasteiger partial charge < -0.3 is 4.74 Å². The summed E-state index contributed by atoms with van der Waals surface area (Å²) in [5, 5.41) is 4.03. The quantitative estimate of drug-likeness (QED) is 0.648. The molecule has 124 valence electrons. The normalized spacial score (nSPS) is 11.5. The monoisotopic (exact) mass is 322 g/mol. The van der Waals surface area contributed by atoms with Crippen LogP contribution in [0.15, 0.2) is 59.7 Å². The van der Waals surface area contributed by atoms with Crippen molar-refractivity contribution in [2.75, 3.05) is 6.61 Å². The van der Waals surface area contributed by atoms with Crippen molar-refractivity contribution in [1.29, 1.82) is 0 Å². The van der Waals surface area contributed by atoms with Gasteiger partial charge in [-0.05, 0) is 55.7 Å². The van der Waals surface area contributed by atoms with Gasteiger partial charge in [-0.25, -0.2) is 5.43 Å². The van der Waals surface area contributed by atoms with Gasteiger partial charge in [-0.1, -0.05) is 42.5 Å². The summed E-state index contributed by atoms with van der Waals surface area (Å²) in [6.07, 6.45) is 3.79. The molecule has 0 saturated heterocycles. The molecule has 0 aromatic heterocycles. The zero-order valence-corrected chi connectivity index (χ0v) is 14.2. The Kier molecular flexibility index (Phi) is 6.32. The second-order valence-electron chi connectivity index (χ2n) is 5.57. The minimum atomic E-state index is -0.291. The molecule has 24 heavy (non-hydrogen) atoms. The van der Waals surface area contributed by atoms with Crippen molar-refractivity contribution in [2.45, 2.75) is 20.8 Å². The zero-order chi connectivity index (χ0) is 17.4. The molecule has 0 unspecified atom stereocenters. The van der Waals surface area contributed by atoms with Gasteiger partial charge in [-0.15, -0.1) is 0 Å². The van der Waals surface area contributed by atoms with Gasteiger partial charge in [0.15, 0.2) is 6.61 Å². The summed E-state index contributed by atoms with van der Waals surface area (Å²) in [5.74, 6) is 0.388. The Balaban J connectivity index is 1.81. The fourth-order valence-electron chi connectivity index (χ4n) is 1.95. The number of nitrogens with one attached hydrogen (secondary N) is 1. The number of nitrogens with zero attached hydrogens (tertiary/aromatic N) is 1. The molecule has 2 rings (SSSR count). The van der Waals surface area contributed by atoms with Gasteiger partial charge in [0.2, 0.25) is 0 Å². The maximum Gasteiger partial charge on any atom is 0.277 e. The Morgan fingerprint density at radius 3 is 2.58 bits per heavy atom. The summed E-state index contributed by atoms with van der Waals surface area (Å²) in [5.41, 5.74) is 6.60. The van der Waals surface area contributed by atoms with Crippen LogP contribution in [0.5, 0.6) is 5.75 Å². The number of amides is 1. The van der Waals surface area contributed by atoms with Crippen molar-refractivity contribution in [1.82, 2.24) is 5.43 Å². The van der Waals surface area contributed by atoms with E-state index in [0.717, 1.165) is 11.1 Å². The summed E-state index contributed by atoms with van der Waals surface area (Å²) >= 11 is 0. The van der Waals surface area contributed by atoms with Crippen molar-refractivity contribution in [2.24, 2.45) is 5.10 Å². The molecule has 0 heterocycles. The van der Waals surface area contributed by atoms with Crippen molar-refractivity contribution in [3.8, 4) is 5.75 Å². The smallest absolute Gasteiger partial charge is 0.277 e. The number of allylic oxidation sites excluding steroid dienone is 1. The minimum absolute atomic E-state index is 0.0678. The van der Waals surface area contributed by atoms with Crippen LogP contribution in [0.4, 0.5) is 0 Å². The number of carbonyl (C=O) groups is 1. The average molecular weight is 322 g/mol. The lowest BCUT2D eigenvalue weighted by molar-refractivity contribution is -0.123. The fourth-order valence-corrected chi connectivity index (χ4v) is 1.95. The van der Waals surface area contributed by atoms with E-state index in [0.29, 0.717) is 11.5 Å². The Morgan fingerprint density at radius 1 is 1.12 bits per heavy atom. The van der Waals surface area contributed by atoms with E-state index in [1.807, 2.05) is 81.5 Å². The summed E-state index contributed by atoms with van der Waals surface area (Å²) in [6, 6.07) is 15.6. The van der Waals surface area contributed by atoms with E-state index in [1.54, 1.807) is 0 Å². The van der Waals surface area contributed by atoms with Crippen LogP contribution in [0.1, 0.15) is 23.6 Å². The van der Waals surface area contributed by atoms with E-state index < -0.39 is 0 Å². The lowest BCUT2D eigenvalue weighted by Gasteiger charge is -2.07. The van der Waals surface area contributed by atoms with Gasteiger partial charge in [0.1, 0.15) is 5.75 Å². The number of hydrogen-bond acceptors (Lipinski definition) is 3. The van der Waals surface area contributed by atoms with E-state index in [2.05, 4.69) is 10.5 Å². The van der Waals surface area contributed by atoms with Crippen molar-refractivity contribution in [3.63, 3.8) is 0 Å². The molecule has 0 atom stereocenters. The van der Waals surface area contributed by atoms with Crippen LogP contribution in [0, 0.1) is 13.8 Å². The summed E-state index contributed by atoms with van der Waals surface area (Å²) in [7, 11) is 0. The van der Waals surface area contributed by atoms with E-state index in [1.165, 1.54) is 5.56 Å². The first kappa shape index (κ1) is 17.5. The highest BCUT2D eigenvalue weighted by Gasteiger charge is 2.02. The highest BCUT2D eigenvalue weighted by Crippen LogP contribution is 2.16. The van der Waals surface area contributed by atoms with Crippen LogP contribution in [0.25, 0.3) is 6.08 Å². The van der Waals surface area contributed by atoms with Crippen LogP contribution in [0.2, 0.25) is 0 Å². The van der Waals surface area contributed by atoms with E-state index >= 15 is 0 Å². The molecule has 0 radical (unpaired) electrons. The van der Waals surface area contributed by atoms with Gasteiger partial charge >= 0.3 is 0 Å². The van der Waals surface area contributed by atoms with Gasteiger partial charge in [0.05, 0.1) is 5.71 Å². The number of hydrazone groups is 1. The summed E-state index contributed by atoms with van der Waals surface area (Å²) in [6.45, 7) is 5.80. The van der Waals surface area contributed by atoms with Crippen molar-refractivity contribution >= 4 is 17.7 Å². The number of rotatable bonds is 6. The highest BCUT2D eigenvalue weighted by molar-refractivity contribution is 5.97. The van der Waals surface area contributed by atoms with Gasteiger partial charge in [0.25, 0.3) is 5.91 Å². The lowest BCUT2D eigenvalue weighted by Crippen LogP contribution is -2.25. The van der Waals surface area contributed by atoms with E-state index in [4.69, 9.17) is 4.74 Å². The van der Waals surface area contributed by atoms with Crippen molar-refractivity contribution in [3.05, 3.63) is 71.3 Å². The molecule has 4 nitrogen and oxygen atoms in total. The molecule has 2 aromatic carbocycles. The Hall–Kier alpha value is -2.88.